The van der Waals surface area contributed by atoms with Crippen molar-refractivity contribution in [1.82, 2.24) is 29.6 Å². The van der Waals surface area contributed by atoms with E-state index in [0.717, 1.165) is 5.69 Å². The van der Waals surface area contributed by atoms with Crippen LogP contribution in [0.4, 0.5) is 4.39 Å². The summed E-state index contributed by atoms with van der Waals surface area (Å²) in [4.78, 5) is 13.2. The van der Waals surface area contributed by atoms with Gasteiger partial charge in [-0.1, -0.05) is 30.0 Å². The summed E-state index contributed by atoms with van der Waals surface area (Å²) in [6.07, 6.45) is -0.826. The average Bonchev–Trinajstić information content (AvgIpc) is 3.34. The molecule has 0 aliphatic carbocycles. The van der Waals surface area contributed by atoms with Crippen LogP contribution in [0, 0.1) is 12.7 Å². The topological polar surface area (TPSA) is 100.0 Å². The Balaban J connectivity index is 1.49. The second-order valence-corrected chi connectivity index (χ2v) is 8.00. The Morgan fingerprint density at radius 1 is 1.16 bits per heavy atom. The first-order valence-corrected chi connectivity index (χ1v) is 10.8. The molecular formula is C21H21FN6O3S. The van der Waals surface area contributed by atoms with E-state index in [0.29, 0.717) is 22.3 Å². The molecule has 0 spiro atoms. The maximum Gasteiger partial charge on any atom is 0.297 e. The summed E-state index contributed by atoms with van der Waals surface area (Å²) < 4.78 is 23.1. The number of ether oxygens (including phenoxy) is 1. The van der Waals surface area contributed by atoms with Crippen LogP contribution in [0.5, 0.6) is 5.75 Å². The molecule has 166 valence electrons. The number of rotatable bonds is 8. The summed E-state index contributed by atoms with van der Waals surface area (Å²) >= 11 is 1.20. The lowest BCUT2D eigenvalue weighted by atomic mass is 10.3. The van der Waals surface area contributed by atoms with E-state index in [9.17, 15) is 14.3 Å². The van der Waals surface area contributed by atoms with Gasteiger partial charge in [-0.3, -0.25) is 9.48 Å². The molecule has 0 fully saturated rings. The molecule has 0 saturated carbocycles. The SMILES string of the molecule is Cc1c(-n2nnnc2SCC(O)COc2ccc(F)cc2)c(=O)n(-c2ccccc2)n1C. The predicted octanol–water partition coefficient (Wildman–Crippen LogP) is 2.13. The number of halogens is 1. The van der Waals surface area contributed by atoms with Crippen LogP contribution in [0.1, 0.15) is 5.69 Å². The molecule has 2 aromatic heterocycles. The van der Waals surface area contributed by atoms with Crippen molar-refractivity contribution in [3.63, 3.8) is 0 Å². The van der Waals surface area contributed by atoms with Crippen LogP contribution in [0.15, 0.2) is 64.5 Å². The Labute approximate surface area is 187 Å². The number of nitrogens with zero attached hydrogens (tertiary/aromatic N) is 6. The molecule has 1 atom stereocenters. The van der Waals surface area contributed by atoms with Gasteiger partial charge in [0.05, 0.1) is 17.5 Å². The molecule has 1 unspecified atom stereocenters. The third-order valence-electron chi connectivity index (χ3n) is 4.84. The number of thioether (sulfide) groups is 1. The standard InChI is InChI=1S/C21H21FN6O3S/c1-14-19(20(30)28(26(14)2)16-6-4-3-5-7-16)27-21(23-24-25-27)32-13-17(29)12-31-18-10-8-15(22)9-11-18/h3-11,17,29H,12-13H2,1-2H3. The summed E-state index contributed by atoms with van der Waals surface area (Å²) in [5, 5.41) is 22.3. The molecule has 0 radical (unpaired) electrons. The van der Waals surface area contributed by atoms with Gasteiger partial charge in [-0.25, -0.2) is 9.07 Å². The maximum absolute atomic E-state index is 13.2. The van der Waals surface area contributed by atoms with Crippen LogP contribution >= 0.6 is 11.8 Å². The highest BCUT2D eigenvalue weighted by Crippen LogP contribution is 2.21. The second-order valence-electron chi connectivity index (χ2n) is 7.01. The number of tetrazole rings is 1. The first kappa shape index (κ1) is 21.8. The van der Waals surface area contributed by atoms with Crippen molar-refractivity contribution < 1.29 is 14.2 Å². The molecular weight excluding hydrogens is 435 g/mol. The normalized spacial score (nSPS) is 12.1. The van der Waals surface area contributed by atoms with Crippen LogP contribution in [0.2, 0.25) is 0 Å². The molecule has 2 heterocycles. The van der Waals surface area contributed by atoms with Crippen molar-refractivity contribution in [3.05, 3.63) is 76.5 Å². The smallest absolute Gasteiger partial charge is 0.297 e. The van der Waals surface area contributed by atoms with E-state index in [1.165, 1.54) is 40.7 Å². The van der Waals surface area contributed by atoms with Gasteiger partial charge in [-0.15, -0.1) is 5.10 Å². The van der Waals surface area contributed by atoms with Crippen LogP contribution in [-0.4, -0.2) is 53.1 Å². The quantitative estimate of drug-likeness (QED) is 0.406. The second kappa shape index (κ2) is 9.37. The average molecular weight is 457 g/mol. The zero-order valence-electron chi connectivity index (χ0n) is 17.4. The van der Waals surface area contributed by atoms with Crippen molar-refractivity contribution in [1.29, 1.82) is 0 Å². The Kier molecular flexibility index (Phi) is 6.37. The number of aliphatic hydroxyl groups is 1. The minimum atomic E-state index is -0.826. The predicted molar refractivity (Wildman–Crippen MR) is 117 cm³/mol. The minimum Gasteiger partial charge on any atom is -0.491 e. The number of aliphatic hydroxyl groups excluding tert-OH is 1. The van der Waals surface area contributed by atoms with Gasteiger partial charge in [0.25, 0.3) is 5.56 Å². The molecule has 0 aliphatic rings. The third kappa shape index (κ3) is 4.43. The van der Waals surface area contributed by atoms with Crippen LogP contribution in [0.3, 0.4) is 0 Å². The number of hydrogen-bond acceptors (Lipinski definition) is 7. The highest BCUT2D eigenvalue weighted by Gasteiger charge is 2.22. The Bertz CT molecular complexity index is 1250. The van der Waals surface area contributed by atoms with Crippen molar-refractivity contribution in [2.24, 2.45) is 7.05 Å². The number of hydrogen-bond donors (Lipinski definition) is 1. The molecule has 0 saturated heterocycles. The van der Waals surface area contributed by atoms with E-state index in [-0.39, 0.29) is 23.7 Å². The summed E-state index contributed by atoms with van der Waals surface area (Å²) in [6.45, 7) is 1.84. The maximum atomic E-state index is 13.2. The summed E-state index contributed by atoms with van der Waals surface area (Å²) in [5.74, 6) is 0.338. The largest absolute Gasteiger partial charge is 0.491 e. The first-order valence-electron chi connectivity index (χ1n) is 9.77. The zero-order chi connectivity index (χ0) is 22.7. The molecule has 2 aromatic carbocycles. The fourth-order valence-electron chi connectivity index (χ4n) is 3.15. The van der Waals surface area contributed by atoms with E-state index >= 15 is 0 Å². The van der Waals surface area contributed by atoms with E-state index in [2.05, 4.69) is 15.5 Å². The molecule has 32 heavy (non-hydrogen) atoms. The van der Waals surface area contributed by atoms with Gasteiger partial charge in [0, 0.05) is 12.8 Å². The molecule has 0 bridgehead atoms. The number of aromatic nitrogens is 6. The Morgan fingerprint density at radius 3 is 2.59 bits per heavy atom. The molecule has 0 aliphatic heterocycles. The van der Waals surface area contributed by atoms with Gasteiger partial charge in [-0.05, 0) is 53.7 Å². The zero-order valence-corrected chi connectivity index (χ0v) is 18.2. The first-order chi connectivity index (χ1) is 15.5. The van der Waals surface area contributed by atoms with Crippen molar-refractivity contribution in [2.45, 2.75) is 18.2 Å². The van der Waals surface area contributed by atoms with Crippen molar-refractivity contribution in [2.75, 3.05) is 12.4 Å². The molecule has 4 aromatic rings. The molecule has 1 N–H and O–H groups in total. The van der Waals surface area contributed by atoms with Gasteiger partial charge in [0.2, 0.25) is 5.16 Å². The van der Waals surface area contributed by atoms with Crippen molar-refractivity contribution in [3.8, 4) is 17.1 Å². The summed E-state index contributed by atoms with van der Waals surface area (Å²) in [5.41, 5.74) is 1.49. The Hall–Kier alpha value is -3.44. The van der Waals surface area contributed by atoms with Gasteiger partial charge in [0.1, 0.15) is 18.2 Å². The van der Waals surface area contributed by atoms with Gasteiger partial charge < -0.3 is 9.84 Å². The van der Waals surface area contributed by atoms with Crippen LogP contribution in [0.25, 0.3) is 11.4 Å². The molecule has 11 heteroatoms. The molecule has 0 amide bonds. The lowest BCUT2D eigenvalue weighted by Crippen LogP contribution is -2.22. The van der Waals surface area contributed by atoms with Gasteiger partial charge in [0.15, 0.2) is 5.69 Å². The fourth-order valence-corrected chi connectivity index (χ4v) is 3.93. The lowest BCUT2D eigenvalue weighted by molar-refractivity contribution is 0.126. The molecule has 4 rings (SSSR count). The minimum absolute atomic E-state index is 0.0192. The highest BCUT2D eigenvalue weighted by molar-refractivity contribution is 7.99. The van der Waals surface area contributed by atoms with E-state index < -0.39 is 6.10 Å². The van der Waals surface area contributed by atoms with Gasteiger partial charge >= 0.3 is 0 Å². The van der Waals surface area contributed by atoms with E-state index in [1.807, 2.05) is 37.3 Å². The summed E-state index contributed by atoms with van der Waals surface area (Å²) in [6, 6.07) is 14.8. The van der Waals surface area contributed by atoms with Crippen LogP contribution in [-0.2, 0) is 7.05 Å². The number of para-hydroxylation sites is 1. The fraction of sp³-hybridized carbons (Fsp3) is 0.238. The monoisotopic (exact) mass is 456 g/mol. The molecule has 9 nitrogen and oxygen atoms in total. The number of benzene rings is 2. The van der Waals surface area contributed by atoms with E-state index in [1.54, 1.807) is 16.4 Å². The van der Waals surface area contributed by atoms with Crippen molar-refractivity contribution >= 4 is 11.8 Å². The third-order valence-corrected chi connectivity index (χ3v) is 5.90. The highest BCUT2D eigenvalue weighted by atomic mass is 32.2. The lowest BCUT2D eigenvalue weighted by Gasteiger charge is -2.11. The Morgan fingerprint density at radius 2 is 1.88 bits per heavy atom. The van der Waals surface area contributed by atoms with Crippen LogP contribution < -0.4 is 10.3 Å². The summed E-state index contributed by atoms with van der Waals surface area (Å²) in [7, 11) is 1.79. The van der Waals surface area contributed by atoms with E-state index in [4.69, 9.17) is 4.74 Å². The van der Waals surface area contributed by atoms with Gasteiger partial charge in [-0.2, -0.15) is 4.68 Å².